The number of aromatic amines is 1. The number of nitrogens with two attached hydrogens (primary N) is 1. The fraction of sp³-hybridized carbons (Fsp3) is 0.200. The maximum absolute atomic E-state index is 11.5. The van der Waals surface area contributed by atoms with Gasteiger partial charge in [-0.15, -0.1) is 0 Å². The lowest BCUT2D eigenvalue weighted by molar-refractivity contribution is -0.138. The standard InChI is InChI=1S/C10H10N2O4S/c11-7(10(14)15)3-6-8(16-12-9(6)13)5-1-2-17-4-5/h1-2,4,7H,3,11H2,(H,12,13)(H,14,15). The SMILES string of the molecule is NC(Cc1c(-c2ccsc2)o[nH]c1=O)C(=O)O. The van der Waals surface area contributed by atoms with E-state index in [0.29, 0.717) is 5.76 Å². The number of rotatable bonds is 4. The summed E-state index contributed by atoms with van der Waals surface area (Å²) in [6, 6.07) is 0.665. The van der Waals surface area contributed by atoms with Crippen LogP contribution >= 0.6 is 11.3 Å². The van der Waals surface area contributed by atoms with E-state index in [1.54, 1.807) is 6.07 Å². The van der Waals surface area contributed by atoms with E-state index in [2.05, 4.69) is 5.16 Å². The third kappa shape index (κ3) is 2.29. The second-order valence-corrected chi connectivity index (χ2v) is 4.28. The number of hydrogen-bond donors (Lipinski definition) is 3. The van der Waals surface area contributed by atoms with Gasteiger partial charge in [0, 0.05) is 17.4 Å². The van der Waals surface area contributed by atoms with E-state index < -0.39 is 17.6 Å². The Morgan fingerprint density at radius 2 is 2.41 bits per heavy atom. The zero-order valence-electron chi connectivity index (χ0n) is 8.67. The van der Waals surface area contributed by atoms with Crippen LogP contribution in [0, 0.1) is 0 Å². The summed E-state index contributed by atoms with van der Waals surface area (Å²) in [5, 5.41) is 14.6. The van der Waals surface area contributed by atoms with E-state index >= 15 is 0 Å². The van der Waals surface area contributed by atoms with E-state index in [9.17, 15) is 9.59 Å². The lowest BCUT2D eigenvalue weighted by Crippen LogP contribution is -2.33. The number of carboxylic acid groups (broad SMARTS) is 1. The monoisotopic (exact) mass is 254 g/mol. The second kappa shape index (κ2) is 4.56. The van der Waals surface area contributed by atoms with E-state index in [1.807, 2.05) is 10.8 Å². The number of nitrogens with one attached hydrogen (secondary N) is 1. The molecule has 1 unspecified atom stereocenters. The lowest BCUT2D eigenvalue weighted by Gasteiger charge is -2.03. The Morgan fingerprint density at radius 1 is 1.65 bits per heavy atom. The summed E-state index contributed by atoms with van der Waals surface area (Å²) >= 11 is 1.45. The number of aliphatic carboxylic acids is 1. The van der Waals surface area contributed by atoms with Crippen molar-refractivity contribution in [2.75, 3.05) is 0 Å². The van der Waals surface area contributed by atoms with Crippen molar-refractivity contribution in [2.24, 2.45) is 5.73 Å². The smallest absolute Gasteiger partial charge is 0.320 e. The first-order valence-electron chi connectivity index (χ1n) is 4.81. The first-order chi connectivity index (χ1) is 8.09. The Bertz CT molecular complexity index is 569. The van der Waals surface area contributed by atoms with Crippen LogP contribution < -0.4 is 11.3 Å². The predicted octanol–water partition coefficient (Wildman–Crippen LogP) is 0.651. The zero-order chi connectivity index (χ0) is 12.4. The van der Waals surface area contributed by atoms with E-state index in [1.165, 1.54) is 11.3 Å². The molecule has 0 saturated heterocycles. The fourth-order valence-electron chi connectivity index (χ4n) is 1.44. The Hall–Kier alpha value is -1.86. The Balaban J connectivity index is 2.37. The van der Waals surface area contributed by atoms with Gasteiger partial charge in [0.05, 0.1) is 5.56 Å². The molecule has 0 saturated carbocycles. The van der Waals surface area contributed by atoms with Crippen LogP contribution in [0.4, 0.5) is 0 Å². The molecule has 0 bridgehead atoms. The highest BCUT2D eigenvalue weighted by Gasteiger charge is 2.21. The summed E-state index contributed by atoms with van der Waals surface area (Å²) in [6.07, 6.45) is -0.0631. The summed E-state index contributed by atoms with van der Waals surface area (Å²) in [5.74, 6) is -0.796. The molecule has 90 valence electrons. The molecule has 0 fully saturated rings. The van der Waals surface area contributed by atoms with Crippen LogP contribution in [0.3, 0.4) is 0 Å². The third-order valence-corrected chi connectivity index (χ3v) is 3.00. The summed E-state index contributed by atoms with van der Waals surface area (Å²) in [5.41, 5.74) is 5.97. The molecule has 2 aromatic rings. The average molecular weight is 254 g/mol. The summed E-state index contributed by atoms with van der Waals surface area (Å²) in [7, 11) is 0. The predicted molar refractivity (Wildman–Crippen MR) is 62.0 cm³/mol. The van der Waals surface area contributed by atoms with Gasteiger partial charge in [-0.05, 0) is 11.4 Å². The maximum Gasteiger partial charge on any atom is 0.320 e. The molecule has 2 rings (SSSR count). The summed E-state index contributed by atoms with van der Waals surface area (Å²) in [6.45, 7) is 0. The van der Waals surface area contributed by atoms with Crippen molar-refractivity contribution in [3.8, 4) is 11.3 Å². The van der Waals surface area contributed by atoms with Gasteiger partial charge in [0.15, 0.2) is 5.76 Å². The minimum atomic E-state index is -1.15. The van der Waals surface area contributed by atoms with Crippen molar-refractivity contribution in [3.63, 3.8) is 0 Å². The molecule has 0 radical (unpaired) electrons. The highest BCUT2D eigenvalue weighted by molar-refractivity contribution is 7.08. The Kier molecular flexibility index (Phi) is 3.12. The first-order valence-corrected chi connectivity index (χ1v) is 5.75. The van der Waals surface area contributed by atoms with E-state index in [4.69, 9.17) is 15.4 Å². The quantitative estimate of drug-likeness (QED) is 0.742. The van der Waals surface area contributed by atoms with Crippen molar-refractivity contribution >= 4 is 17.3 Å². The Morgan fingerprint density at radius 3 is 3.00 bits per heavy atom. The molecular formula is C10H10N2O4S. The molecular weight excluding hydrogens is 244 g/mol. The lowest BCUT2D eigenvalue weighted by atomic mass is 10.1. The van der Waals surface area contributed by atoms with Crippen molar-refractivity contribution in [2.45, 2.75) is 12.5 Å². The third-order valence-electron chi connectivity index (χ3n) is 2.32. The van der Waals surface area contributed by atoms with Crippen LogP contribution in [0.25, 0.3) is 11.3 Å². The Labute approximate surface area is 99.6 Å². The highest BCUT2D eigenvalue weighted by Crippen LogP contribution is 2.24. The van der Waals surface area contributed by atoms with Gasteiger partial charge in [-0.2, -0.15) is 16.5 Å². The summed E-state index contributed by atoms with van der Waals surface area (Å²) < 4.78 is 5.04. The van der Waals surface area contributed by atoms with Gasteiger partial charge in [0.2, 0.25) is 0 Å². The van der Waals surface area contributed by atoms with E-state index in [-0.39, 0.29) is 12.0 Å². The number of carbonyl (C=O) groups is 1. The van der Waals surface area contributed by atoms with E-state index in [0.717, 1.165) is 5.56 Å². The second-order valence-electron chi connectivity index (χ2n) is 3.50. The number of thiophene rings is 1. The van der Waals surface area contributed by atoms with Crippen LogP contribution in [0.5, 0.6) is 0 Å². The molecule has 0 aliphatic carbocycles. The van der Waals surface area contributed by atoms with Gasteiger partial charge < -0.3 is 15.4 Å². The minimum Gasteiger partial charge on any atom is -0.480 e. The molecule has 0 amide bonds. The van der Waals surface area contributed by atoms with Crippen LogP contribution in [-0.4, -0.2) is 22.3 Å². The fourth-order valence-corrected chi connectivity index (χ4v) is 2.08. The van der Waals surface area contributed by atoms with Crippen LogP contribution in [0.1, 0.15) is 5.56 Å². The molecule has 7 heteroatoms. The highest BCUT2D eigenvalue weighted by atomic mass is 32.1. The topological polar surface area (TPSA) is 109 Å². The molecule has 2 aromatic heterocycles. The molecule has 0 spiro atoms. The summed E-state index contributed by atoms with van der Waals surface area (Å²) in [4.78, 5) is 22.2. The van der Waals surface area contributed by atoms with Gasteiger partial charge in [-0.1, -0.05) is 0 Å². The molecule has 0 aromatic carbocycles. The van der Waals surface area contributed by atoms with Crippen molar-refractivity contribution < 1.29 is 14.4 Å². The zero-order valence-corrected chi connectivity index (χ0v) is 9.49. The van der Waals surface area contributed by atoms with Gasteiger partial charge >= 0.3 is 5.97 Å². The number of aromatic nitrogens is 1. The normalized spacial score (nSPS) is 12.5. The molecule has 17 heavy (non-hydrogen) atoms. The van der Waals surface area contributed by atoms with Crippen molar-refractivity contribution in [1.82, 2.24) is 5.16 Å². The first kappa shape index (κ1) is 11.6. The van der Waals surface area contributed by atoms with Gasteiger partial charge in [0.1, 0.15) is 6.04 Å². The van der Waals surface area contributed by atoms with Crippen LogP contribution in [0.2, 0.25) is 0 Å². The number of carboxylic acids is 1. The largest absolute Gasteiger partial charge is 0.480 e. The molecule has 2 heterocycles. The molecule has 0 aliphatic rings. The maximum atomic E-state index is 11.5. The molecule has 0 aliphatic heterocycles. The van der Waals surface area contributed by atoms with Gasteiger partial charge in [-0.3, -0.25) is 9.59 Å². The van der Waals surface area contributed by atoms with Crippen LogP contribution in [0.15, 0.2) is 26.1 Å². The number of H-pyrrole nitrogens is 1. The van der Waals surface area contributed by atoms with Crippen LogP contribution in [-0.2, 0) is 11.2 Å². The molecule has 4 N–H and O–H groups in total. The van der Waals surface area contributed by atoms with Crippen molar-refractivity contribution in [1.29, 1.82) is 0 Å². The minimum absolute atomic E-state index is 0.0631. The molecule has 6 nitrogen and oxygen atoms in total. The molecule has 1 atom stereocenters. The number of hydrogen-bond acceptors (Lipinski definition) is 5. The van der Waals surface area contributed by atoms with Gasteiger partial charge in [0.25, 0.3) is 5.56 Å². The van der Waals surface area contributed by atoms with Crippen molar-refractivity contribution in [3.05, 3.63) is 32.7 Å². The van der Waals surface area contributed by atoms with Gasteiger partial charge in [-0.25, -0.2) is 0 Å². The average Bonchev–Trinajstić information content (AvgIpc) is 2.89.